The number of pyridine rings is 3. The van der Waals surface area contributed by atoms with Crippen molar-refractivity contribution >= 4 is 28.9 Å². The first-order chi connectivity index (χ1) is 12.2. The predicted molar refractivity (Wildman–Crippen MR) is 101 cm³/mol. The van der Waals surface area contributed by atoms with E-state index in [1.165, 1.54) is 0 Å². The molecule has 1 atom stereocenters. The van der Waals surface area contributed by atoms with E-state index >= 15 is 0 Å². The number of amidine groups is 1. The molecule has 1 unspecified atom stereocenters. The van der Waals surface area contributed by atoms with Crippen LogP contribution in [-0.2, 0) is 0 Å². The molecule has 0 bridgehead atoms. The zero-order valence-electron chi connectivity index (χ0n) is 14.1. The third-order valence-corrected chi connectivity index (χ3v) is 4.12. The van der Waals surface area contributed by atoms with E-state index in [-0.39, 0.29) is 5.92 Å². The molecule has 0 aliphatic carbocycles. The number of fused-ring (bicyclic) bond motifs is 1. The van der Waals surface area contributed by atoms with Crippen LogP contribution in [0.5, 0.6) is 0 Å². The second-order valence-electron chi connectivity index (χ2n) is 6.11. The molecule has 3 aromatic rings. The van der Waals surface area contributed by atoms with E-state index in [1.807, 2.05) is 43.3 Å². The van der Waals surface area contributed by atoms with Crippen molar-refractivity contribution in [2.45, 2.75) is 13.8 Å². The Balaban J connectivity index is 1.84. The lowest BCUT2D eigenvalue weighted by molar-refractivity contribution is 0.774. The SMILES string of the molecule is Cc1cccc(-c2cc(NC3=NC=NCC3C)c3cccnc3n2)n1. The maximum Gasteiger partial charge on any atom is 0.161 e. The van der Waals surface area contributed by atoms with E-state index in [9.17, 15) is 0 Å². The third kappa shape index (κ3) is 3.10. The summed E-state index contributed by atoms with van der Waals surface area (Å²) in [5.41, 5.74) is 4.18. The summed E-state index contributed by atoms with van der Waals surface area (Å²) in [6.45, 7) is 4.81. The zero-order valence-corrected chi connectivity index (χ0v) is 14.1. The number of hydrogen-bond donors (Lipinski definition) is 1. The van der Waals surface area contributed by atoms with Gasteiger partial charge < -0.3 is 5.32 Å². The molecule has 25 heavy (non-hydrogen) atoms. The van der Waals surface area contributed by atoms with Gasteiger partial charge in [0.05, 0.1) is 23.6 Å². The molecule has 0 fully saturated rings. The van der Waals surface area contributed by atoms with Crippen molar-refractivity contribution in [1.82, 2.24) is 15.0 Å². The lowest BCUT2D eigenvalue weighted by Gasteiger charge is -2.18. The van der Waals surface area contributed by atoms with Gasteiger partial charge in [0.25, 0.3) is 0 Å². The van der Waals surface area contributed by atoms with Gasteiger partial charge in [0.2, 0.25) is 0 Å². The van der Waals surface area contributed by atoms with Crippen molar-refractivity contribution in [2.75, 3.05) is 11.9 Å². The molecular formula is C19H18N6. The predicted octanol–water partition coefficient (Wildman–Crippen LogP) is 3.49. The van der Waals surface area contributed by atoms with Crippen molar-refractivity contribution in [1.29, 1.82) is 0 Å². The molecule has 4 rings (SSSR count). The van der Waals surface area contributed by atoms with Crippen LogP contribution >= 0.6 is 0 Å². The monoisotopic (exact) mass is 330 g/mol. The molecule has 0 saturated carbocycles. The Morgan fingerprint density at radius 1 is 1.08 bits per heavy atom. The van der Waals surface area contributed by atoms with Crippen molar-refractivity contribution in [2.24, 2.45) is 15.9 Å². The van der Waals surface area contributed by atoms with Crippen molar-refractivity contribution in [3.63, 3.8) is 0 Å². The molecule has 1 aliphatic heterocycles. The van der Waals surface area contributed by atoms with Crippen LogP contribution in [0.25, 0.3) is 22.4 Å². The summed E-state index contributed by atoms with van der Waals surface area (Å²) in [5, 5.41) is 4.40. The highest BCUT2D eigenvalue weighted by atomic mass is 15.1. The highest BCUT2D eigenvalue weighted by Gasteiger charge is 2.16. The molecular weight excluding hydrogens is 312 g/mol. The van der Waals surface area contributed by atoms with E-state index < -0.39 is 0 Å². The van der Waals surface area contributed by atoms with Crippen LogP contribution in [0.2, 0.25) is 0 Å². The lowest BCUT2D eigenvalue weighted by atomic mass is 10.1. The number of aryl methyl sites for hydroxylation is 1. The Hall–Kier alpha value is -3.15. The maximum atomic E-state index is 4.68. The highest BCUT2D eigenvalue weighted by Crippen LogP contribution is 2.27. The molecule has 0 amide bonds. The van der Waals surface area contributed by atoms with Crippen molar-refractivity contribution in [3.8, 4) is 11.4 Å². The van der Waals surface area contributed by atoms with E-state index in [0.29, 0.717) is 5.65 Å². The molecule has 1 N–H and O–H groups in total. The molecule has 6 nitrogen and oxygen atoms in total. The summed E-state index contributed by atoms with van der Waals surface area (Å²) in [6.07, 6.45) is 3.35. The standard InChI is InChI=1S/C19H18N6/c1-12-10-20-11-22-18(12)24-16-9-17(15-7-3-5-13(2)23-15)25-19-14(16)6-4-8-21-19/h3-9,11-12H,10H2,1-2H3,(H,20,21,22,24,25). The molecule has 3 aromatic heterocycles. The average molecular weight is 330 g/mol. The molecule has 124 valence electrons. The van der Waals surface area contributed by atoms with Gasteiger partial charge in [0, 0.05) is 23.2 Å². The smallest absolute Gasteiger partial charge is 0.161 e. The topological polar surface area (TPSA) is 75.4 Å². The van der Waals surface area contributed by atoms with E-state index in [2.05, 4.69) is 37.2 Å². The normalized spacial score (nSPS) is 16.7. The van der Waals surface area contributed by atoms with Gasteiger partial charge in [-0.3, -0.25) is 9.98 Å². The molecule has 0 spiro atoms. The molecule has 1 aliphatic rings. The number of rotatable bonds is 2. The van der Waals surface area contributed by atoms with Crippen LogP contribution in [0.3, 0.4) is 0 Å². The van der Waals surface area contributed by atoms with Gasteiger partial charge in [-0.15, -0.1) is 0 Å². The van der Waals surface area contributed by atoms with Crippen molar-refractivity contribution < 1.29 is 0 Å². The molecule has 0 radical (unpaired) electrons. The minimum absolute atomic E-state index is 0.241. The quantitative estimate of drug-likeness (QED) is 0.780. The van der Waals surface area contributed by atoms with Crippen LogP contribution < -0.4 is 5.32 Å². The number of nitrogens with zero attached hydrogens (tertiary/aromatic N) is 5. The fraction of sp³-hybridized carbons (Fsp3) is 0.211. The molecule has 0 saturated heterocycles. The second kappa shape index (κ2) is 6.39. The van der Waals surface area contributed by atoms with Gasteiger partial charge in [-0.1, -0.05) is 13.0 Å². The van der Waals surface area contributed by atoms with Gasteiger partial charge >= 0.3 is 0 Å². The Kier molecular flexibility index (Phi) is 3.93. The number of hydrogen-bond acceptors (Lipinski definition) is 6. The Morgan fingerprint density at radius 3 is 2.84 bits per heavy atom. The van der Waals surface area contributed by atoms with Gasteiger partial charge in [-0.2, -0.15) is 0 Å². The van der Waals surface area contributed by atoms with Gasteiger partial charge in [0.15, 0.2) is 5.65 Å². The Morgan fingerprint density at radius 2 is 2.00 bits per heavy atom. The fourth-order valence-electron chi connectivity index (χ4n) is 2.79. The minimum atomic E-state index is 0.241. The average Bonchev–Trinajstić information content (AvgIpc) is 2.63. The lowest BCUT2D eigenvalue weighted by Crippen LogP contribution is -2.25. The van der Waals surface area contributed by atoms with Crippen LogP contribution in [0, 0.1) is 12.8 Å². The second-order valence-corrected chi connectivity index (χ2v) is 6.11. The number of nitrogens with one attached hydrogen (secondary N) is 1. The van der Waals surface area contributed by atoms with Crippen molar-refractivity contribution in [3.05, 3.63) is 48.3 Å². The molecule has 6 heteroatoms. The summed E-state index contributed by atoms with van der Waals surface area (Å²) < 4.78 is 0. The van der Waals surface area contributed by atoms with Gasteiger partial charge in [-0.05, 0) is 37.3 Å². The van der Waals surface area contributed by atoms with E-state index in [1.54, 1.807) is 12.5 Å². The zero-order chi connectivity index (χ0) is 17.2. The van der Waals surface area contributed by atoms with Gasteiger partial charge in [-0.25, -0.2) is 15.0 Å². The summed E-state index contributed by atoms with van der Waals surface area (Å²) in [4.78, 5) is 22.3. The largest absolute Gasteiger partial charge is 0.343 e. The highest BCUT2D eigenvalue weighted by molar-refractivity contribution is 6.07. The summed E-state index contributed by atoms with van der Waals surface area (Å²) >= 11 is 0. The van der Waals surface area contributed by atoms with E-state index in [4.69, 9.17) is 0 Å². The van der Waals surface area contributed by atoms with Gasteiger partial charge in [0.1, 0.15) is 12.2 Å². The van der Waals surface area contributed by atoms with Crippen LogP contribution in [0.1, 0.15) is 12.6 Å². The first-order valence-electron chi connectivity index (χ1n) is 8.23. The summed E-state index contributed by atoms with van der Waals surface area (Å²) in [7, 11) is 0. The Bertz CT molecular complexity index is 992. The number of anilines is 1. The Labute approximate surface area is 145 Å². The number of aromatic nitrogens is 3. The molecule has 0 aromatic carbocycles. The summed E-state index contributed by atoms with van der Waals surface area (Å²) in [5.74, 6) is 1.14. The number of aliphatic imine (C=N–C) groups is 2. The maximum absolute atomic E-state index is 4.68. The minimum Gasteiger partial charge on any atom is -0.343 e. The van der Waals surface area contributed by atoms with Crippen LogP contribution in [-0.4, -0.2) is 33.7 Å². The summed E-state index contributed by atoms with van der Waals surface area (Å²) in [6, 6.07) is 11.8. The van der Waals surface area contributed by atoms with Crippen LogP contribution in [0.4, 0.5) is 5.69 Å². The fourth-order valence-corrected chi connectivity index (χ4v) is 2.79. The first kappa shape index (κ1) is 15.4. The first-order valence-corrected chi connectivity index (χ1v) is 8.23. The van der Waals surface area contributed by atoms with E-state index in [0.717, 1.165) is 40.5 Å². The molecule has 4 heterocycles. The third-order valence-electron chi connectivity index (χ3n) is 4.12. The van der Waals surface area contributed by atoms with Crippen LogP contribution in [0.15, 0.2) is 52.6 Å².